The predicted octanol–water partition coefficient (Wildman–Crippen LogP) is 2.78. The molecule has 0 amide bonds. The number of halogens is 1. The molecule has 0 aliphatic heterocycles. The van der Waals surface area contributed by atoms with Crippen LogP contribution < -0.4 is 16.0 Å². The molecule has 0 fully saturated rings. The molecule has 20 heavy (non-hydrogen) atoms. The fourth-order valence-electron chi connectivity index (χ4n) is 1.23. The smallest absolute Gasteiger partial charge is 0.228 e. The van der Waals surface area contributed by atoms with E-state index in [1.54, 1.807) is 0 Å². The maximum Gasteiger partial charge on any atom is 0.228 e. The third-order valence-electron chi connectivity index (χ3n) is 2.17. The van der Waals surface area contributed by atoms with Crippen LogP contribution in [0.25, 0.3) is 0 Å². The van der Waals surface area contributed by atoms with Crippen molar-refractivity contribution in [3.63, 3.8) is 0 Å². The lowest BCUT2D eigenvalue weighted by Crippen LogP contribution is -2.10. The van der Waals surface area contributed by atoms with Crippen molar-refractivity contribution in [2.45, 2.75) is 40.5 Å². The van der Waals surface area contributed by atoms with Crippen molar-refractivity contribution in [3.05, 3.63) is 5.28 Å². The maximum absolute atomic E-state index is 5.77. The van der Waals surface area contributed by atoms with Crippen LogP contribution in [-0.2, 0) is 0 Å². The van der Waals surface area contributed by atoms with Crippen molar-refractivity contribution < 1.29 is 0 Å². The zero-order chi connectivity index (χ0) is 15.2. The summed E-state index contributed by atoms with van der Waals surface area (Å²) in [5.74, 6) is 1.05. The van der Waals surface area contributed by atoms with Gasteiger partial charge in [0.15, 0.2) is 0 Å². The molecule has 0 aromatic carbocycles. The molecule has 0 spiro atoms. The van der Waals surface area contributed by atoms with E-state index >= 15 is 0 Å². The standard InChI is InChI=1S/C9H16ClN5.C4H11N/c1-3-5-11-8-13-7(10)14-9(15-8)12-6-4-2;1-3-5-4-2/h3-6H2,1-2H3,(H2,11,12,13,14,15);5H,3-4H2,1-2H3. The summed E-state index contributed by atoms with van der Waals surface area (Å²) in [5.41, 5.74) is 0. The van der Waals surface area contributed by atoms with Crippen LogP contribution in [0.1, 0.15) is 40.5 Å². The zero-order valence-electron chi connectivity index (χ0n) is 13.0. The fraction of sp³-hybridized carbons (Fsp3) is 0.769. The molecule has 7 heteroatoms. The Kier molecular flexibility index (Phi) is 12.1. The molecular weight excluding hydrogens is 276 g/mol. The molecule has 1 rings (SSSR count). The van der Waals surface area contributed by atoms with Crippen molar-refractivity contribution in [2.24, 2.45) is 0 Å². The highest BCUT2D eigenvalue weighted by atomic mass is 35.5. The summed E-state index contributed by atoms with van der Waals surface area (Å²) < 4.78 is 0. The zero-order valence-corrected chi connectivity index (χ0v) is 13.7. The largest absolute Gasteiger partial charge is 0.354 e. The Morgan fingerprint density at radius 1 is 0.800 bits per heavy atom. The highest BCUT2D eigenvalue weighted by Gasteiger charge is 2.02. The lowest BCUT2D eigenvalue weighted by atomic mass is 10.5. The first kappa shape index (κ1) is 18.9. The minimum Gasteiger partial charge on any atom is -0.354 e. The minimum atomic E-state index is 0.210. The van der Waals surface area contributed by atoms with E-state index in [1.165, 1.54) is 0 Å². The van der Waals surface area contributed by atoms with Crippen LogP contribution in [0.3, 0.4) is 0 Å². The molecule has 0 saturated carbocycles. The summed E-state index contributed by atoms with van der Waals surface area (Å²) in [4.78, 5) is 12.1. The van der Waals surface area contributed by atoms with Crippen molar-refractivity contribution in [2.75, 3.05) is 36.8 Å². The molecule has 0 unspecified atom stereocenters. The van der Waals surface area contributed by atoms with Crippen LogP contribution in [0.15, 0.2) is 0 Å². The van der Waals surface area contributed by atoms with E-state index < -0.39 is 0 Å². The van der Waals surface area contributed by atoms with Crippen molar-refractivity contribution in [1.29, 1.82) is 0 Å². The predicted molar refractivity (Wildman–Crippen MR) is 86.6 cm³/mol. The first-order valence-electron chi connectivity index (χ1n) is 7.27. The van der Waals surface area contributed by atoms with E-state index in [2.05, 4.69) is 58.6 Å². The first-order valence-corrected chi connectivity index (χ1v) is 7.65. The van der Waals surface area contributed by atoms with Crippen LogP contribution in [0.5, 0.6) is 0 Å². The van der Waals surface area contributed by atoms with Gasteiger partial charge in [-0.2, -0.15) is 15.0 Å². The Morgan fingerprint density at radius 3 is 1.55 bits per heavy atom. The molecule has 1 aromatic heterocycles. The first-order chi connectivity index (χ1) is 9.67. The van der Waals surface area contributed by atoms with E-state index in [4.69, 9.17) is 11.6 Å². The van der Waals surface area contributed by atoms with Gasteiger partial charge in [0.1, 0.15) is 0 Å². The normalized spacial score (nSPS) is 9.65. The quantitative estimate of drug-likeness (QED) is 0.685. The van der Waals surface area contributed by atoms with Crippen LogP contribution in [0.2, 0.25) is 5.28 Å². The Bertz CT molecular complexity index is 319. The summed E-state index contributed by atoms with van der Waals surface area (Å²) in [6.07, 6.45) is 2.03. The topological polar surface area (TPSA) is 74.8 Å². The summed E-state index contributed by atoms with van der Waals surface area (Å²) in [5, 5.41) is 9.45. The van der Waals surface area contributed by atoms with Gasteiger partial charge in [0.05, 0.1) is 0 Å². The number of aromatic nitrogens is 3. The Labute approximate surface area is 127 Å². The Balaban J connectivity index is 0.000000621. The molecule has 0 saturated heterocycles. The van der Waals surface area contributed by atoms with Gasteiger partial charge in [0, 0.05) is 13.1 Å². The van der Waals surface area contributed by atoms with Crippen molar-refractivity contribution in [1.82, 2.24) is 20.3 Å². The third-order valence-corrected chi connectivity index (χ3v) is 2.34. The Morgan fingerprint density at radius 2 is 1.25 bits per heavy atom. The average Bonchev–Trinajstić information content (AvgIpc) is 2.44. The molecule has 0 aliphatic rings. The number of rotatable bonds is 8. The van der Waals surface area contributed by atoms with Gasteiger partial charge in [0.2, 0.25) is 17.2 Å². The molecule has 3 N–H and O–H groups in total. The fourth-order valence-corrected chi connectivity index (χ4v) is 1.39. The number of anilines is 2. The molecule has 0 aliphatic carbocycles. The molecule has 1 aromatic rings. The molecule has 0 radical (unpaired) electrons. The van der Waals surface area contributed by atoms with E-state index in [9.17, 15) is 0 Å². The van der Waals surface area contributed by atoms with Gasteiger partial charge in [0.25, 0.3) is 0 Å². The molecular formula is C13H27ClN6. The van der Waals surface area contributed by atoms with Crippen molar-refractivity contribution in [3.8, 4) is 0 Å². The molecule has 0 bridgehead atoms. The van der Waals surface area contributed by atoms with Gasteiger partial charge >= 0.3 is 0 Å². The van der Waals surface area contributed by atoms with Gasteiger partial charge in [-0.05, 0) is 37.5 Å². The van der Waals surface area contributed by atoms with Crippen LogP contribution in [-0.4, -0.2) is 41.1 Å². The lowest BCUT2D eigenvalue weighted by molar-refractivity contribution is 0.762. The Hall–Kier alpha value is -1.14. The average molecular weight is 303 g/mol. The van der Waals surface area contributed by atoms with Gasteiger partial charge in [-0.25, -0.2) is 0 Å². The highest BCUT2D eigenvalue weighted by Crippen LogP contribution is 2.09. The molecule has 6 nitrogen and oxygen atoms in total. The molecule has 116 valence electrons. The monoisotopic (exact) mass is 302 g/mol. The summed E-state index contributed by atoms with van der Waals surface area (Å²) in [7, 11) is 0. The van der Waals surface area contributed by atoms with Gasteiger partial charge < -0.3 is 16.0 Å². The lowest BCUT2D eigenvalue weighted by Gasteiger charge is -2.06. The number of hydrogen-bond donors (Lipinski definition) is 3. The molecule has 0 atom stereocenters. The highest BCUT2D eigenvalue weighted by molar-refractivity contribution is 6.28. The van der Waals surface area contributed by atoms with Gasteiger partial charge in [-0.3, -0.25) is 0 Å². The second-order valence-electron chi connectivity index (χ2n) is 4.06. The number of nitrogens with zero attached hydrogens (tertiary/aromatic N) is 3. The van der Waals surface area contributed by atoms with E-state index in [0.29, 0.717) is 11.9 Å². The van der Waals surface area contributed by atoms with Gasteiger partial charge in [-0.15, -0.1) is 0 Å². The number of hydrogen-bond acceptors (Lipinski definition) is 6. The van der Waals surface area contributed by atoms with Crippen LogP contribution in [0.4, 0.5) is 11.9 Å². The minimum absolute atomic E-state index is 0.210. The summed E-state index contributed by atoms with van der Waals surface area (Å²) in [6, 6.07) is 0. The maximum atomic E-state index is 5.77. The van der Waals surface area contributed by atoms with E-state index in [-0.39, 0.29) is 5.28 Å². The SMILES string of the molecule is CCCNc1nc(Cl)nc(NCCC)n1.CCNCC. The van der Waals surface area contributed by atoms with Gasteiger partial charge in [-0.1, -0.05) is 27.7 Å². The second-order valence-corrected chi connectivity index (χ2v) is 4.40. The summed E-state index contributed by atoms with van der Waals surface area (Å²) in [6.45, 7) is 12.2. The summed E-state index contributed by atoms with van der Waals surface area (Å²) >= 11 is 5.77. The molecule has 1 heterocycles. The second kappa shape index (κ2) is 12.9. The van der Waals surface area contributed by atoms with E-state index in [1.807, 2.05) is 0 Å². The third kappa shape index (κ3) is 9.75. The van der Waals surface area contributed by atoms with Crippen molar-refractivity contribution >= 4 is 23.5 Å². The van der Waals surface area contributed by atoms with Crippen LogP contribution >= 0.6 is 11.6 Å². The van der Waals surface area contributed by atoms with Crippen LogP contribution in [0, 0.1) is 0 Å². The number of nitrogens with one attached hydrogen (secondary N) is 3. The van der Waals surface area contributed by atoms with E-state index in [0.717, 1.165) is 39.0 Å².